The molecule has 118 valence electrons. The molecule has 0 aliphatic carbocycles. The summed E-state index contributed by atoms with van der Waals surface area (Å²) in [6.07, 6.45) is -4.85. The molecule has 1 heterocycles. The Morgan fingerprint density at radius 1 is 1.38 bits per heavy atom. The molecule has 1 saturated heterocycles. The van der Waals surface area contributed by atoms with Gasteiger partial charge < -0.3 is 10.2 Å². The Balaban J connectivity index is 2.13. The van der Waals surface area contributed by atoms with Crippen LogP contribution in [0, 0.1) is 6.92 Å². The van der Waals surface area contributed by atoms with Gasteiger partial charge in [-0.05, 0) is 43.5 Å². The minimum atomic E-state index is -4.35. The highest BCUT2D eigenvalue weighted by Gasteiger charge is 2.36. The maximum absolute atomic E-state index is 12.8. The van der Waals surface area contributed by atoms with Gasteiger partial charge in [0.15, 0.2) is 0 Å². The van der Waals surface area contributed by atoms with E-state index in [4.69, 9.17) is 0 Å². The van der Waals surface area contributed by atoms with E-state index in [0.717, 1.165) is 17.7 Å². The lowest BCUT2D eigenvalue weighted by molar-refractivity contribution is -0.137. The number of β-amino-alcohol motifs (C(OH)–C–C–N with tert-alkyl or cyclic N) is 1. The molecule has 0 aromatic heterocycles. The number of rotatable bonds is 2. The van der Waals surface area contributed by atoms with Crippen molar-refractivity contribution in [1.82, 2.24) is 4.90 Å². The molecule has 0 saturated carbocycles. The van der Waals surface area contributed by atoms with Crippen LogP contribution in [0.2, 0.25) is 0 Å². The van der Waals surface area contributed by atoms with Crippen molar-refractivity contribution in [2.45, 2.75) is 44.7 Å². The van der Waals surface area contributed by atoms with Crippen molar-refractivity contribution in [3.63, 3.8) is 0 Å². The van der Waals surface area contributed by atoms with Crippen LogP contribution in [-0.4, -0.2) is 39.9 Å². The number of hydrogen-bond donors (Lipinski definition) is 2. The van der Waals surface area contributed by atoms with Crippen molar-refractivity contribution in [3.8, 4) is 0 Å². The zero-order valence-corrected chi connectivity index (χ0v) is 12.1. The lowest BCUT2D eigenvalue weighted by Crippen LogP contribution is -2.53. The van der Waals surface area contributed by atoms with Gasteiger partial charge >= 0.3 is 6.18 Å². The summed E-state index contributed by atoms with van der Waals surface area (Å²) in [6.45, 7) is 4.47. The SMILES string of the molecule is Cc1ccc(C(F)(F)F)cc1CN1CC[C@](C)(O)[C@H](O)C1. The summed E-state index contributed by atoms with van der Waals surface area (Å²) < 4.78 is 38.3. The number of halogens is 3. The van der Waals surface area contributed by atoms with Gasteiger partial charge in [0.2, 0.25) is 0 Å². The molecule has 2 N–H and O–H groups in total. The Morgan fingerprint density at radius 2 is 2.05 bits per heavy atom. The van der Waals surface area contributed by atoms with Crippen LogP contribution in [0.3, 0.4) is 0 Å². The van der Waals surface area contributed by atoms with E-state index in [0.29, 0.717) is 25.1 Å². The highest BCUT2D eigenvalue weighted by Crippen LogP contribution is 2.31. The molecule has 0 unspecified atom stereocenters. The highest BCUT2D eigenvalue weighted by atomic mass is 19.4. The predicted molar refractivity (Wildman–Crippen MR) is 72.7 cm³/mol. The maximum atomic E-state index is 12.8. The summed E-state index contributed by atoms with van der Waals surface area (Å²) >= 11 is 0. The van der Waals surface area contributed by atoms with Crippen molar-refractivity contribution in [3.05, 3.63) is 34.9 Å². The molecule has 0 bridgehead atoms. The topological polar surface area (TPSA) is 43.7 Å². The zero-order valence-electron chi connectivity index (χ0n) is 12.1. The van der Waals surface area contributed by atoms with Gasteiger partial charge in [-0.25, -0.2) is 0 Å². The van der Waals surface area contributed by atoms with Crippen molar-refractivity contribution in [2.75, 3.05) is 13.1 Å². The fraction of sp³-hybridized carbons (Fsp3) is 0.600. The summed E-state index contributed by atoms with van der Waals surface area (Å²) in [4.78, 5) is 1.87. The lowest BCUT2D eigenvalue weighted by Gasteiger charge is -2.40. The molecule has 3 nitrogen and oxygen atoms in total. The Kier molecular flexibility index (Phi) is 4.33. The van der Waals surface area contributed by atoms with Crippen LogP contribution < -0.4 is 0 Å². The van der Waals surface area contributed by atoms with Gasteiger partial charge in [-0.15, -0.1) is 0 Å². The molecular weight excluding hydrogens is 283 g/mol. The lowest BCUT2D eigenvalue weighted by atomic mass is 9.90. The van der Waals surface area contributed by atoms with Gasteiger partial charge in [-0.2, -0.15) is 13.2 Å². The van der Waals surface area contributed by atoms with Crippen molar-refractivity contribution < 1.29 is 23.4 Å². The Morgan fingerprint density at radius 3 is 2.62 bits per heavy atom. The summed E-state index contributed by atoms with van der Waals surface area (Å²) in [5, 5.41) is 19.8. The first kappa shape index (κ1) is 16.3. The van der Waals surface area contributed by atoms with Gasteiger partial charge in [0, 0.05) is 19.6 Å². The summed E-state index contributed by atoms with van der Waals surface area (Å²) in [6, 6.07) is 3.71. The van der Waals surface area contributed by atoms with Crippen LogP contribution in [0.25, 0.3) is 0 Å². The van der Waals surface area contributed by atoms with E-state index in [-0.39, 0.29) is 6.54 Å². The van der Waals surface area contributed by atoms with E-state index in [1.165, 1.54) is 6.07 Å². The first-order valence-electron chi connectivity index (χ1n) is 6.89. The second-order valence-electron chi connectivity index (χ2n) is 6.00. The van der Waals surface area contributed by atoms with Crippen LogP contribution >= 0.6 is 0 Å². The number of likely N-dealkylation sites (tertiary alicyclic amines) is 1. The molecule has 0 amide bonds. The number of aryl methyl sites for hydroxylation is 1. The van der Waals surface area contributed by atoms with Gasteiger partial charge in [0.25, 0.3) is 0 Å². The van der Waals surface area contributed by atoms with Gasteiger partial charge in [0.1, 0.15) is 0 Å². The minimum absolute atomic E-state index is 0.253. The van der Waals surface area contributed by atoms with Crippen molar-refractivity contribution in [2.24, 2.45) is 0 Å². The Hall–Kier alpha value is -1.11. The smallest absolute Gasteiger partial charge is 0.389 e. The molecule has 1 aromatic rings. The van der Waals surface area contributed by atoms with Crippen LogP contribution in [0.4, 0.5) is 13.2 Å². The maximum Gasteiger partial charge on any atom is 0.416 e. The van der Waals surface area contributed by atoms with E-state index in [9.17, 15) is 23.4 Å². The average Bonchev–Trinajstić information content (AvgIpc) is 2.35. The quantitative estimate of drug-likeness (QED) is 0.881. The molecule has 1 aliphatic heterocycles. The first-order valence-corrected chi connectivity index (χ1v) is 6.89. The summed E-state index contributed by atoms with van der Waals surface area (Å²) in [5.74, 6) is 0. The fourth-order valence-electron chi connectivity index (χ4n) is 2.49. The van der Waals surface area contributed by atoms with Crippen LogP contribution in [0.5, 0.6) is 0 Å². The molecular formula is C15H20F3NO2. The third kappa shape index (κ3) is 3.75. The monoisotopic (exact) mass is 303 g/mol. The van der Waals surface area contributed by atoms with Gasteiger partial charge in [-0.1, -0.05) is 6.07 Å². The van der Waals surface area contributed by atoms with Crippen molar-refractivity contribution >= 4 is 0 Å². The second-order valence-corrected chi connectivity index (χ2v) is 6.00. The molecule has 6 heteroatoms. The van der Waals surface area contributed by atoms with Gasteiger partial charge in [-0.3, -0.25) is 4.90 Å². The second kappa shape index (κ2) is 5.59. The average molecular weight is 303 g/mol. The van der Waals surface area contributed by atoms with E-state index in [1.807, 2.05) is 4.90 Å². The Labute approximate surface area is 122 Å². The van der Waals surface area contributed by atoms with Crippen LogP contribution in [0.15, 0.2) is 18.2 Å². The standard InChI is InChI=1S/C15H20F3NO2/c1-10-3-4-12(15(16,17)18)7-11(10)8-19-6-5-14(2,21)13(20)9-19/h3-4,7,13,20-21H,5-6,8-9H2,1-2H3/t13-,14+/m1/s1. The van der Waals surface area contributed by atoms with Crippen LogP contribution in [0.1, 0.15) is 30.0 Å². The number of aliphatic hydroxyl groups excluding tert-OH is 1. The number of aliphatic hydroxyl groups is 2. The third-order valence-electron chi connectivity index (χ3n) is 4.15. The van der Waals surface area contributed by atoms with Crippen LogP contribution in [-0.2, 0) is 12.7 Å². The predicted octanol–water partition coefficient (Wildman–Crippen LogP) is 2.33. The van der Waals surface area contributed by atoms with E-state index in [2.05, 4.69) is 0 Å². The molecule has 21 heavy (non-hydrogen) atoms. The number of alkyl halides is 3. The summed E-state index contributed by atoms with van der Waals surface area (Å²) in [5.41, 5.74) is -0.402. The number of piperidine rings is 1. The Bertz CT molecular complexity index is 514. The fourth-order valence-corrected chi connectivity index (χ4v) is 2.49. The van der Waals surface area contributed by atoms with E-state index in [1.54, 1.807) is 13.8 Å². The number of nitrogens with zero attached hydrogens (tertiary/aromatic N) is 1. The van der Waals surface area contributed by atoms with Gasteiger partial charge in [0.05, 0.1) is 17.3 Å². The van der Waals surface area contributed by atoms with Crippen molar-refractivity contribution in [1.29, 1.82) is 0 Å². The molecule has 2 atom stereocenters. The normalized spacial score (nSPS) is 27.9. The zero-order chi connectivity index (χ0) is 15.8. The molecule has 0 spiro atoms. The number of hydrogen-bond acceptors (Lipinski definition) is 3. The molecule has 1 fully saturated rings. The van der Waals surface area contributed by atoms with E-state index < -0.39 is 23.4 Å². The highest BCUT2D eigenvalue weighted by molar-refractivity contribution is 5.32. The number of benzene rings is 1. The first-order chi connectivity index (χ1) is 9.59. The molecule has 1 aliphatic rings. The largest absolute Gasteiger partial charge is 0.416 e. The molecule has 2 rings (SSSR count). The van der Waals surface area contributed by atoms with E-state index >= 15 is 0 Å². The molecule has 0 radical (unpaired) electrons. The third-order valence-corrected chi connectivity index (χ3v) is 4.15. The molecule has 1 aromatic carbocycles. The summed E-state index contributed by atoms with van der Waals surface area (Å²) in [7, 11) is 0. The minimum Gasteiger partial charge on any atom is -0.389 e.